The fraction of sp³-hybridized carbons (Fsp3) is 0.583. The smallest absolute Gasteiger partial charge is 0.150 e. The maximum atomic E-state index is 4.55. The maximum absolute atomic E-state index is 4.55. The van der Waals surface area contributed by atoms with Gasteiger partial charge in [0.05, 0.1) is 11.2 Å². The van der Waals surface area contributed by atoms with Gasteiger partial charge in [0.25, 0.3) is 0 Å². The predicted octanol–water partition coefficient (Wildman–Crippen LogP) is 2.40. The summed E-state index contributed by atoms with van der Waals surface area (Å²) in [6.45, 7) is 5.34. The molecule has 3 nitrogen and oxygen atoms in total. The van der Waals surface area contributed by atoms with Crippen LogP contribution < -0.4 is 10.6 Å². The molecule has 1 aromatic rings. The van der Waals surface area contributed by atoms with Gasteiger partial charge in [-0.25, -0.2) is 4.98 Å². The van der Waals surface area contributed by atoms with Crippen LogP contribution in [-0.2, 0) is 0 Å². The SMILES string of the molecule is Cc1ccc2c(n1)NC(C)(C1CC1)CN2. The van der Waals surface area contributed by atoms with Gasteiger partial charge in [-0.05, 0) is 44.7 Å². The van der Waals surface area contributed by atoms with Crippen molar-refractivity contribution in [1.29, 1.82) is 0 Å². The average Bonchev–Trinajstić information content (AvgIpc) is 3.00. The first-order valence-corrected chi connectivity index (χ1v) is 5.67. The second-order valence-corrected chi connectivity index (χ2v) is 5.02. The Morgan fingerprint density at radius 1 is 1.40 bits per heavy atom. The Bertz CT molecular complexity index is 398. The normalized spacial score (nSPS) is 28.9. The molecule has 3 heteroatoms. The minimum absolute atomic E-state index is 0.202. The molecule has 2 N–H and O–H groups in total. The summed E-state index contributed by atoms with van der Waals surface area (Å²) in [5, 5.41) is 7.08. The lowest BCUT2D eigenvalue weighted by atomic mass is 9.93. The highest BCUT2D eigenvalue weighted by Crippen LogP contribution is 2.44. The second-order valence-electron chi connectivity index (χ2n) is 5.02. The van der Waals surface area contributed by atoms with Crippen molar-refractivity contribution < 1.29 is 0 Å². The zero-order chi connectivity index (χ0) is 10.5. The molecule has 0 bridgehead atoms. The second kappa shape index (κ2) is 2.87. The van der Waals surface area contributed by atoms with E-state index in [9.17, 15) is 0 Å². The topological polar surface area (TPSA) is 37.0 Å². The standard InChI is InChI=1S/C12H17N3/c1-8-3-6-10-11(14-8)15-12(2,7-13-10)9-4-5-9/h3,6,9,13H,4-5,7H2,1-2H3,(H,14,15). The molecule has 1 fully saturated rings. The van der Waals surface area contributed by atoms with Gasteiger partial charge < -0.3 is 10.6 Å². The van der Waals surface area contributed by atoms with Crippen LogP contribution in [0.15, 0.2) is 12.1 Å². The van der Waals surface area contributed by atoms with Gasteiger partial charge in [0.2, 0.25) is 0 Å². The van der Waals surface area contributed by atoms with Gasteiger partial charge in [0.15, 0.2) is 0 Å². The van der Waals surface area contributed by atoms with Gasteiger partial charge in [-0.2, -0.15) is 0 Å². The lowest BCUT2D eigenvalue weighted by molar-refractivity contribution is 0.463. The first-order chi connectivity index (χ1) is 7.17. The first-order valence-electron chi connectivity index (χ1n) is 5.67. The number of anilines is 2. The van der Waals surface area contributed by atoms with Crippen LogP contribution in [0.2, 0.25) is 0 Å². The molecule has 1 aliphatic carbocycles. The highest BCUT2D eigenvalue weighted by Gasteiger charge is 2.43. The lowest BCUT2D eigenvalue weighted by Gasteiger charge is -2.37. The van der Waals surface area contributed by atoms with Gasteiger partial charge >= 0.3 is 0 Å². The van der Waals surface area contributed by atoms with Gasteiger partial charge in [-0.3, -0.25) is 0 Å². The Kier molecular flexibility index (Phi) is 1.73. The summed E-state index contributed by atoms with van der Waals surface area (Å²) in [6.07, 6.45) is 2.71. The molecular formula is C12H17N3. The van der Waals surface area contributed by atoms with Crippen molar-refractivity contribution in [2.24, 2.45) is 5.92 Å². The van der Waals surface area contributed by atoms with Crippen LogP contribution in [0.5, 0.6) is 0 Å². The van der Waals surface area contributed by atoms with E-state index in [1.54, 1.807) is 0 Å². The number of hydrogen-bond donors (Lipinski definition) is 2. The van der Waals surface area contributed by atoms with Crippen molar-refractivity contribution in [2.45, 2.75) is 32.2 Å². The van der Waals surface area contributed by atoms with Crippen molar-refractivity contribution in [3.8, 4) is 0 Å². The number of nitrogens with one attached hydrogen (secondary N) is 2. The van der Waals surface area contributed by atoms with Crippen molar-refractivity contribution >= 4 is 11.5 Å². The Balaban J connectivity index is 1.94. The van der Waals surface area contributed by atoms with E-state index < -0.39 is 0 Å². The Hall–Kier alpha value is -1.25. The summed E-state index contributed by atoms with van der Waals surface area (Å²) in [6, 6.07) is 4.16. The molecule has 0 radical (unpaired) electrons. The van der Waals surface area contributed by atoms with Crippen molar-refractivity contribution in [2.75, 3.05) is 17.2 Å². The van der Waals surface area contributed by atoms with Crippen LogP contribution >= 0.6 is 0 Å². The van der Waals surface area contributed by atoms with Crippen LogP contribution in [0.4, 0.5) is 11.5 Å². The highest BCUT2D eigenvalue weighted by molar-refractivity contribution is 5.68. The van der Waals surface area contributed by atoms with Crippen LogP contribution in [0.3, 0.4) is 0 Å². The summed E-state index contributed by atoms with van der Waals surface area (Å²) in [5.41, 5.74) is 2.41. The molecule has 1 aliphatic heterocycles. The van der Waals surface area contributed by atoms with Gasteiger partial charge in [-0.1, -0.05) is 0 Å². The third kappa shape index (κ3) is 1.46. The van der Waals surface area contributed by atoms with E-state index in [0.717, 1.165) is 29.7 Å². The maximum Gasteiger partial charge on any atom is 0.150 e. The number of aryl methyl sites for hydroxylation is 1. The minimum atomic E-state index is 0.202. The highest BCUT2D eigenvalue weighted by atomic mass is 15.2. The Morgan fingerprint density at radius 2 is 2.20 bits per heavy atom. The van der Waals surface area contributed by atoms with Gasteiger partial charge in [0.1, 0.15) is 5.82 Å². The fourth-order valence-electron chi connectivity index (χ4n) is 2.36. The van der Waals surface area contributed by atoms with E-state index in [2.05, 4.69) is 28.6 Å². The summed E-state index contributed by atoms with van der Waals surface area (Å²) in [5.74, 6) is 1.84. The third-order valence-corrected chi connectivity index (χ3v) is 3.56. The quantitative estimate of drug-likeness (QED) is 0.736. The molecule has 0 saturated heterocycles. The number of hydrogen-bond acceptors (Lipinski definition) is 3. The third-order valence-electron chi connectivity index (χ3n) is 3.56. The van der Waals surface area contributed by atoms with E-state index >= 15 is 0 Å². The van der Waals surface area contributed by atoms with Crippen molar-refractivity contribution in [3.63, 3.8) is 0 Å². The zero-order valence-corrected chi connectivity index (χ0v) is 9.30. The molecular weight excluding hydrogens is 186 g/mol. The molecule has 1 unspecified atom stereocenters. The van der Waals surface area contributed by atoms with Gasteiger partial charge in [0, 0.05) is 12.2 Å². The van der Waals surface area contributed by atoms with E-state index in [4.69, 9.17) is 0 Å². The van der Waals surface area contributed by atoms with Crippen LogP contribution in [0.1, 0.15) is 25.5 Å². The van der Waals surface area contributed by atoms with Crippen LogP contribution in [0.25, 0.3) is 0 Å². The van der Waals surface area contributed by atoms with Crippen molar-refractivity contribution in [1.82, 2.24) is 4.98 Å². The number of pyridine rings is 1. The van der Waals surface area contributed by atoms with E-state index in [1.165, 1.54) is 12.8 Å². The summed E-state index contributed by atoms with van der Waals surface area (Å²) in [7, 11) is 0. The largest absolute Gasteiger partial charge is 0.380 e. The molecule has 0 aromatic carbocycles. The Labute approximate surface area is 90.3 Å². The van der Waals surface area contributed by atoms with E-state index in [0.29, 0.717) is 0 Å². The number of aromatic nitrogens is 1. The minimum Gasteiger partial charge on any atom is -0.380 e. The molecule has 80 valence electrons. The molecule has 0 amide bonds. The first kappa shape index (κ1) is 9.01. The molecule has 0 spiro atoms. The van der Waals surface area contributed by atoms with Gasteiger partial charge in [-0.15, -0.1) is 0 Å². The molecule has 2 aliphatic rings. The molecule has 1 saturated carbocycles. The lowest BCUT2D eigenvalue weighted by Crippen LogP contribution is -2.47. The Morgan fingerprint density at radius 3 is 2.93 bits per heavy atom. The van der Waals surface area contributed by atoms with Crippen LogP contribution in [0, 0.1) is 12.8 Å². The van der Waals surface area contributed by atoms with Crippen LogP contribution in [-0.4, -0.2) is 17.1 Å². The number of rotatable bonds is 1. The van der Waals surface area contributed by atoms with Crippen molar-refractivity contribution in [3.05, 3.63) is 17.8 Å². The van der Waals surface area contributed by atoms with E-state index in [1.807, 2.05) is 13.0 Å². The number of nitrogens with zero attached hydrogens (tertiary/aromatic N) is 1. The van der Waals surface area contributed by atoms with E-state index in [-0.39, 0.29) is 5.54 Å². The molecule has 1 aromatic heterocycles. The summed E-state index contributed by atoms with van der Waals surface area (Å²) >= 11 is 0. The molecule has 3 rings (SSSR count). The molecule has 15 heavy (non-hydrogen) atoms. The monoisotopic (exact) mass is 203 g/mol. The molecule has 2 heterocycles. The summed E-state index contributed by atoms with van der Waals surface area (Å²) in [4.78, 5) is 4.55. The predicted molar refractivity (Wildman–Crippen MR) is 62.2 cm³/mol. The summed E-state index contributed by atoms with van der Waals surface area (Å²) < 4.78 is 0. The zero-order valence-electron chi connectivity index (χ0n) is 9.30. The number of fused-ring (bicyclic) bond motifs is 1. The average molecular weight is 203 g/mol. The molecule has 1 atom stereocenters. The fourth-order valence-corrected chi connectivity index (χ4v) is 2.36.